The minimum Gasteiger partial charge on any atom is -0.365 e. The monoisotopic (exact) mass is 413 g/mol. The van der Waals surface area contributed by atoms with Crippen LogP contribution in [0.25, 0.3) is 0 Å². The molecule has 0 spiro atoms. The van der Waals surface area contributed by atoms with Crippen LogP contribution in [-0.4, -0.2) is 47.5 Å². The van der Waals surface area contributed by atoms with Crippen LogP contribution < -0.4 is 4.90 Å². The van der Waals surface area contributed by atoms with E-state index < -0.39 is 5.50 Å². The molecule has 3 rings (SSSR count). The standard InChI is InChI=1S/C18H18Cl3N3O2/c19-13-4-5-16(15(20)9-13)23-7-8-24(17(21)10-23)18(25)12-26-11-14-3-1-2-6-22-14/h1-6,9,17H,7-8,10-12H2. The maximum absolute atomic E-state index is 12.4. The molecular weight excluding hydrogens is 397 g/mol. The number of nitrogens with zero attached hydrogens (tertiary/aromatic N) is 3. The van der Waals surface area contributed by atoms with Crippen molar-refractivity contribution in [3.8, 4) is 0 Å². The van der Waals surface area contributed by atoms with Crippen molar-refractivity contribution in [1.29, 1.82) is 0 Å². The molecular formula is C18H18Cl3N3O2. The average molecular weight is 415 g/mol. The summed E-state index contributed by atoms with van der Waals surface area (Å²) in [5.41, 5.74) is 1.19. The minimum atomic E-state index is -0.457. The lowest BCUT2D eigenvalue weighted by Crippen LogP contribution is -2.54. The molecule has 1 saturated heterocycles. The first kappa shape index (κ1) is 19.2. The fraction of sp³-hybridized carbons (Fsp3) is 0.333. The second kappa shape index (κ2) is 8.91. The van der Waals surface area contributed by atoms with Gasteiger partial charge in [0.1, 0.15) is 12.1 Å². The van der Waals surface area contributed by atoms with E-state index in [1.54, 1.807) is 23.2 Å². The molecule has 1 aromatic carbocycles. The summed E-state index contributed by atoms with van der Waals surface area (Å²) >= 11 is 18.6. The van der Waals surface area contributed by atoms with Crippen molar-refractivity contribution >= 4 is 46.4 Å². The fourth-order valence-corrected chi connectivity index (χ4v) is 3.69. The van der Waals surface area contributed by atoms with E-state index in [1.807, 2.05) is 24.3 Å². The quantitative estimate of drug-likeness (QED) is 0.551. The third-order valence-corrected chi connectivity index (χ3v) is 5.00. The molecule has 0 radical (unpaired) electrons. The van der Waals surface area contributed by atoms with Crippen LogP contribution in [0.2, 0.25) is 10.0 Å². The van der Waals surface area contributed by atoms with E-state index in [-0.39, 0.29) is 12.5 Å². The van der Waals surface area contributed by atoms with Crippen molar-refractivity contribution < 1.29 is 9.53 Å². The Hall–Kier alpha value is -1.53. The second-order valence-electron chi connectivity index (χ2n) is 5.88. The van der Waals surface area contributed by atoms with Crippen LogP contribution >= 0.6 is 34.8 Å². The van der Waals surface area contributed by atoms with Crippen molar-refractivity contribution in [1.82, 2.24) is 9.88 Å². The van der Waals surface area contributed by atoms with Crippen LogP contribution in [0.3, 0.4) is 0 Å². The molecule has 5 nitrogen and oxygen atoms in total. The number of carbonyl (C=O) groups is 1. The number of anilines is 1. The van der Waals surface area contributed by atoms with E-state index in [9.17, 15) is 4.79 Å². The number of ether oxygens (including phenoxy) is 1. The van der Waals surface area contributed by atoms with Gasteiger partial charge in [-0.05, 0) is 30.3 Å². The van der Waals surface area contributed by atoms with Gasteiger partial charge in [-0.25, -0.2) is 0 Å². The maximum Gasteiger partial charge on any atom is 0.249 e. The number of hydrogen-bond acceptors (Lipinski definition) is 4. The van der Waals surface area contributed by atoms with Gasteiger partial charge in [0.15, 0.2) is 0 Å². The van der Waals surface area contributed by atoms with E-state index in [4.69, 9.17) is 39.5 Å². The average Bonchev–Trinajstić information content (AvgIpc) is 2.62. The fourth-order valence-electron chi connectivity index (χ4n) is 2.79. The molecule has 0 saturated carbocycles. The van der Waals surface area contributed by atoms with Crippen LogP contribution in [0.1, 0.15) is 5.69 Å². The van der Waals surface area contributed by atoms with Crippen LogP contribution in [0.5, 0.6) is 0 Å². The Morgan fingerprint density at radius 1 is 1.23 bits per heavy atom. The zero-order valence-corrected chi connectivity index (χ0v) is 16.2. The highest BCUT2D eigenvalue weighted by atomic mass is 35.5. The Morgan fingerprint density at radius 3 is 2.77 bits per heavy atom. The Labute approximate surface area is 167 Å². The van der Waals surface area contributed by atoms with Crippen molar-refractivity contribution in [2.45, 2.75) is 12.1 Å². The van der Waals surface area contributed by atoms with Crippen LogP contribution in [-0.2, 0) is 16.1 Å². The third kappa shape index (κ3) is 4.80. The van der Waals surface area contributed by atoms with Gasteiger partial charge >= 0.3 is 0 Å². The molecule has 26 heavy (non-hydrogen) atoms. The van der Waals surface area contributed by atoms with E-state index in [0.717, 1.165) is 11.4 Å². The highest BCUT2D eigenvalue weighted by Gasteiger charge is 2.29. The highest BCUT2D eigenvalue weighted by Crippen LogP contribution is 2.30. The van der Waals surface area contributed by atoms with Gasteiger partial charge in [-0.1, -0.05) is 40.9 Å². The molecule has 1 amide bonds. The molecule has 0 bridgehead atoms. The molecule has 1 aliphatic rings. The van der Waals surface area contributed by atoms with Gasteiger partial charge in [0.25, 0.3) is 0 Å². The number of halogens is 3. The highest BCUT2D eigenvalue weighted by molar-refractivity contribution is 6.36. The van der Waals surface area contributed by atoms with Gasteiger partial charge in [-0.2, -0.15) is 0 Å². The predicted molar refractivity (Wildman–Crippen MR) is 104 cm³/mol. The maximum atomic E-state index is 12.4. The van der Waals surface area contributed by atoms with Crippen LogP contribution in [0.4, 0.5) is 5.69 Å². The molecule has 2 heterocycles. The SMILES string of the molecule is O=C(COCc1ccccn1)N1CCN(c2ccc(Cl)cc2Cl)CC1Cl. The summed E-state index contributed by atoms with van der Waals surface area (Å²) in [6, 6.07) is 10.9. The van der Waals surface area contributed by atoms with E-state index in [1.165, 1.54) is 0 Å². The molecule has 138 valence electrons. The van der Waals surface area contributed by atoms with Crippen molar-refractivity contribution in [3.63, 3.8) is 0 Å². The largest absolute Gasteiger partial charge is 0.365 e. The number of hydrogen-bond donors (Lipinski definition) is 0. The second-order valence-corrected chi connectivity index (χ2v) is 7.22. The Morgan fingerprint density at radius 2 is 2.08 bits per heavy atom. The first-order chi connectivity index (χ1) is 12.5. The summed E-state index contributed by atoms with van der Waals surface area (Å²) < 4.78 is 5.47. The number of benzene rings is 1. The summed E-state index contributed by atoms with van der Waals surface area (Å²) in [4.78, 5) is 20.2. The number of carbonyl (C=O) groups excluding carboxylic acids is 1. The van der Waals surface area contributed by atoms with Gasteiger partial charge in [0.2, 0.25) is 5.91 Å². The van der Waals surface area contributed by atoms with Crippen LogP contribution in [0, 0.1) is 0 Å². The molecule has 8 heteroatoms. The number of amides is 1. The third-order valence-electron chi connectivity index (χ3n) is 4.09. The zero-order valence-electron chi connectivity index (χ0n) is 13.9. The lowest BCUT2D eigenvalue weighted by Gasteiger charge is -2.39. The molecule has 1 aliphatic heterocycles. The molecule has 0 aliphatic carbocycles. The summed E-state index contributed by atoms with van der Waals surface area (Å²) in [6.07, 6.45) is 1.69. The Bertz CT molecular complexity index is 761. The number of piperazine rings is 1. The number of rotatable bonds is 5. The Kier molecular flexibility index (Phi) is 6.59. The van der Waals surface area contributed by atoms with Crippen molar-refractivity contribution in [2.75, 3.05) is 31.1 Å². The number of pyridine rings is 1. The number of alkyl halides is 1. The van der Waals surface area contributed by atoms with Gasteiger partial charge in [0, 0.05) is 24.3 Å². The van der Waals surface area contributed by atoms with Crippen molar-refractivity contribution in [3.05, 3.63) is 58.3 Å². The normalized spacial score (nSPS) is 17.4. The topological polar surface area (TPSA) is 45.7 Å². The molecule has 1 unspecified atom stereocenters. The first-order valence-electron chi connectivity index (χ1n) is 8.16. The molecule has 1 aromatic heterocycles. The van der Waals surface area contributed by atoms with E-state index in [0.29, 0.717) is 36.3 Å². The smallest absolute Gasteiger partial charge is 0.249 e. The van der Waals surface area contributed by atoms with E-state index in [2.05, 4.69) is 9.88 Å². The predicted octanol–water partition coefficient (Wildman–Crippen LogP) is 3.82. The molecule has 1 fully saturated rings. The van der Waals surface area contributed by atoms with Gasteiger partial charge in [-0.15, -0.1) is 0 Å². The zero-order chi connectivity index (χ0) is 18.5. The minimum absolute atomic E-state index is 0.0263. The van der Waals surface area contributed by atoms with Gasteiger partial charge < -0.3 is 14.5 Å². The number of aromatic nitrogens is 1. The van der Waals surface area contributed by atoms with Crippen LogP contribution in [0.15, 0.2) is 42.6 Å². The Balaban J connectivity index is 1.52. The summed E-state index contributed by atoms with van der Waals surface area (Å²) in [7, 11) is 0. The van der Waals surface area contributed by atoms with Crippen molar-refractivity contribution in [2.24, 2.45) is 0 Å². The lowest BCUT2D eigenvalue weighted by molar-refractivity contribution is -0.137. The summed E-state index contributed by atoms with van der Waals surface area (Å²) in [6.45, 7) is 1.88. The summed E-state index contributed by atoms with van der Waals surface area (Å²) in [5.74, 6) is -0.136. The molecule has 0 N–H and O–H groups in total. The molecule has 2 aromatic rings. The first-order valence-corrected chi connectivity index (χ1v) is 9.35. The molecule has 1 atom stereocenters. The van der Waals surface area contributed by atoms with E-state index >= 15 is 0 Å². The summed E-state index contributed by atoms with van der Waals surface area (Å²) in [5, 5.41) is 1.15. The van der Waals surface area contributed by atoms with Gasteiger partial charge in [0.05, 0.1) is 29.6 Å². The van der Waals surface area contributed by atoms with Gasteiger partial charge in [-0.3, -0.25) is 9.78 Å². The lowest BCUT2D eigenvalue weighted by atomic mass is 10.2.